The number of rotatable bonds is 6. The van der Waals surface area contributed by atoms with Crippen LogP contribution in [0.25, 0.3) is 0 Å². The molecule has 1 aromatic rings. The molecule has 104 valence electrons. The zero-order valence-corrected chi connectivity index (χ0v) is 10.1. The number of benzene rings is 1. The Balaban J connectivity index is 3.04. The van der Waals surface area contributed by atoms with Gasteiger partial charge >= 0.3 is 5.97 Å². The molecular weight excluding hydrogens is 256 g/mol. The van der Waals surface area contributed by atoms with Crippen LogP contribution in [0.5, 0.6) is 0 Å². The van der Waals surface area contributed by atoms with E-state index in [1.807, 2.05) is 0 Å². The number of nitro groups is 1. The Morgan fingerprint density at radius 3 is 2.58 bits per heavy atom. The lowest BCUT2D eigenvalue weighted by molar-refractivity contribution is -0.384. The molecule has 0 aliphatic rings. The number of carboxylic acids is 1. The molecule has 0 saturated carbocycles. The number of nitrogens with zero attached hydrogens (tertiary/aromatic N) is 1. The highest BCUT2D eigenvalue weighted by molar-refractivity contribution is 5.67. The molecule has 0 aliphatic carbocycles. The van der Waals surface area contributed by atoms with Crippen molar-refractivity contribution in [3.63, 3.8) is 0 Å². The van der Waals surface area contributed by atoms with Gasteiger partial charge < -0.3 is 20.6 Å². The summed E-state index contributed by atoms with van der Waals surface area (Å²) < 4.78 is 0. The highest BCUT2D eigenvalue weighted by Gasteiger charge is 2.24. The Labute approximate surface area is 108 Å². The lowest BCUT2D eigenvalue weighted by Crippen LogP contribution is -2.21. The van der Waals surface area contributed by atoms with Gasteiger partial charge in [-0.3, -0.25) is 14.9 Å². The van der Waals surface area contributed by atoms with Gasteiger partial charge in [-0.25, -0.2) is 0 Å². The molecule has 0 bridgehead atoms. The van der Waals surface area contributed by atoms with Gasteiger partial charge in [0.1, 0.15) is 11.8 Å². The number of nitrogens with one attached hydrogen (secondary N) is 1. The maximum atomic E-state index is 10.8. The number of aliphatic hydroxyl groups is 2. The van der Waals surface area contributed by atoms with E-state index in [1.54, 1.807) is 0 Å². The molecule has 1 aromatic carbocycles. The summed E-state index contributed by atoms with van der Waals surface area (Å²) in [5.74, 6) is -1.27. The second kappa shape index (κ2) is 6.12. The van der Waals surface area contributed by atoms with Crippen LogP contribution < -0.4 is 5.32 Å². The summed E-state index contributed by atoms with van der Waals surface area (Å²) in [7, 11) is 1.51. The van der Waals surface area contributed by atoms with Gasteiger partial charge in [0.25, 0.3) is 5.69 Å². The summed E-state index contributed by atoms with van der Waals surface area (Å²) in [5, 5.41) is 41.2. The van der Waals surface area contributed by atoms with Crippen LogP contribution in [0.1, 0.15) is 18.1 Å². The minimum Gasteiger partial charge on any atom is -0.481 e. The monoisotopic (exact) mass is 270 g/mol. The van der Waals surface area contributed by atoms with Crippen LogP contribution in [0.4, 0.5) is 11.4 Å². The number of nitro benzene ring substituents is 1. The summed E-state index contributed by atoms with van der Waals surface area (Å²) in [6.07, 6.45) is -3.68. The molecule has 0 aromatic heterocycles. The van der Waals surface area contributed by atoms with Gasteiger partial charge in [-0.1, -0.05) is 6.07 Å². The number of anilines is 1. The molecule has 0 heterocycles. The largest absolute Gasteiger partial charge is 0.481 e. The van der Waals surface area contributed by atoms with E-state index in [2.05, 4.69) is 5.32 Å². The number of aliphatic hydroxyl groups excluding tert-OH is 2. The number of hydrogen-bond acceptors (Lipinski definition) is 6. The first-order chi connectivity index (χ1) is 8.86. The molecule has 2 unspecified atom stereocenters. The maximum absolute atomic E-state index is 10.8. The SMILES string of the molecule is CNc1ccc(C(O)C(O)CC(=O)O)cc1[N+](=O)[O-]. The van der Waals surface area contributed by atoms with Gasteiger partial charge in [0.15, 0.2) is 0 Å². The number of hydrogen-bond donors (Lipinski definition) is 4. The molecule has 19 heavy (non-hydrogen) atoms. The molecule has 0 fully saturated rings. The topological polar surface area (TPSA) is 133 Å². The zero-order valence-electron chi connectivity index (χ0n) is 10.1. The second-order valence-corrected chi connectivity index (χ2v) is 3.89. The Kier molecular flexibility index (Phi) is 4.79. The van der Waals surface area contributed by atoms with Crippen LogP contribution >= 0.6 is 0 Å². The smallest absolute Gasteiger partial charge is 0.306 e. The van der Waals surface area contributed by atoms with Gasteiger partial charge in [0, 0.05) is 13.1 Å². The fourth-order valence-corrected chi connectivity index (χ4v) is 1.61. The van der Waals surface area contributed by atoms with E-state index in [1.165, 1.54) is 19.2 Å². The van der Waals surface area contributed by atoms with Crippen molar-refractivity contribution in [2.45, 2.75) is 18.6 Å². The van der Waals surface area contributed by atoms with E-state index >= 15 is 0 Å². The summed E-state index contributed by atoms with van der Waals surface area (Å²) in [5.41, 5.74) is 0.0784. The van der Waals surface area contributed by atoms with E-state index in [0.717, 1.165) is 6.07 Å². The van der Waals surface area contributed by atoms with E-state index in [9.17, 15) is 25.1 Å². The first-order valence-electron chi connectivity index (χ1n) is 5.40. The van der Waals surface area contributed by atoms with Gasteiger partial charge in [-0.15, -0.1) is 0 Å². The average Bonchev–Trinajstić information content (AvgIpc) is 2.36. The lowest BCUT2D eigenvalue weighted by atomic mass is 10.0. The van der Waals surface area contributed by atoms with Crippen molar-refractivity contribution >= 4 is 17.3 Å². The molecular formula is C11H14N2O6. The van der Waals surface area contributed by atoms with E-state index in [0.29, 0.717) is 0 Å². The van der Waals surface area contributed by atoms with E-state index < -0.39 is 29.5 Å². The van der Waals surface area contributed by atoms with Crippen molar-refractivity contribution in [1.82, 2.24) is 0 Å². The van der Waals surface area contributed by atoms with Crippen molar-refractivity contribution in [1.29, 1.82) is 0 Å². The number of aliphatic carboxylic acids is 1. The van der Waals surface area contributed by atoms with Gasteiger partial charge in [-0.2, -0.15) is 0 Å². The molecule has 0 radical (unpaired) electrons. The van der Waals surface area contributed by atoms with Crippen molar-refractivity contribution in [3.8, 4) is 0 Å². The number of carbonyl (C=O) groups is 1. The predicted octanol–water partition coefficient (Wildman–Crippen LogP) is 0.505. The van der Waals surface area contributed by atoms with Crippen molar-refractivity contribution in [2.24, 2.45) is 0 Å². The molecule has 0 spiro atoms. The highest BCUT2D eigenvalue weighted by Crippen LogP contribution is 2.29. The molecule has 8 nitrogen and oxygen atoms in total. The second-order valence-electron chi connectivity index (χ2n) is 3.89. The molecule has 4 N–H and O–H groups in total. The maximum Gasteiger partial charge on any atom is 0.306 e. The first kappa shape index (κ1) is 14.9. The summed E-state index contributed by atoms with van der Waals surface area (Å²) >= 11 is 0. The molecule has 1 rings (SSSR count). The molecule has 2 atom stereocenters. The molecule has 0 aliphatic heterocycles. The minimum absolute atomic E-state index is 0.0828. The van der Waals surface area contributed by atoms with Crippen LogP contribution in [0, 0.1) is 10.1 Å². The Morgan fingerprint density at radius 2 is 2.11 bits per heavy atom. The van der Waals surface area contributed by atoms with Crippen LogP contribution in [0.3, 0.4) is 0 Å². The third-order valence-electron chi connectivity index (χ3n) is 2.58. The molecule has 0 saturated heterocycles. The fraction of sp³-hybridized carbons (Fsp3) is 0.364. The van der Waals surface area contributed by atoms with Crippen LogP contribution in [0.15, 0.2) is 18.2 Å². The zero-order chi connectivity index (χ0) is 14.6. The standard InChI is InChI=1S/C11H14N2O6/c1-12-7-3-2-6(4-8(7)13(18)19)11(17)9(14)5-10(15)16/h2-4,9,11-12,14,17H,5H2,1H3,(H,15,16). The Hall–Kier alpha value is -2.19. The predicted molar refractivity (Wildman–Crippen MR) is 65.9 cm³/mol. The first-order valence-corrected chi connectivity index (χ1v) is 5.40. The fourth-order valence-electron chi connectivity index (χ4n) is 1.61. The van der Waals surface area contributed by atoms with Crippen LogP contribution in [-0.2, 0) is 4.79 Å². The highest BCUT2D eigenvalue weighted by atomic mass is 16.6. The van der Waals surface area contributed by atoms with Crippen molar-refractivity contribution < 1.29 is 25.0 Å². The normalized spacial score (nSPS) is 13.6. The molecule has 0 amide bonds. The summed E-state index contributed by atoms with van der Waals surface area (Å²) in [6.45, 7) is 0. The van der Waals surface area contributed by atoms with Crippen LogP contribution in [-0.4, -0.2) is 39.4 Å². The van der Waals surface area contributed by atoms with E-state index in [4.69, 9.17) is 5.11 Å². The number of carboxylic acid groups (broad SMARTS) is 1. The van der Waals surface area contributed by atoms with Gasteiger partial charge in [0.05, 0.1) is 17.4 Å². The quantitative estimate of drug-likeness (QED) is 0.437. The van der Waals surface area contributed by atoms with Crippen molar-refractivity contribution in [3.05, 3.63) is 33.9 Å². The minimum atomic E-state index is -1.53. The summed E-state index contributed by atoms with van der Waals surface area (Å²) in [4.78, 5) is 20.6. The van der Waals surface area contributed by atoms with Gasteiger partial charge in [-0.05, 0) is 11.6 Å². The van der Waals surface area contributed by atoms with E-state index in [-0.39, 0.29) is 16.9 Å². The Bertz CT molecular complexity index is 490. The lowest BCUT2D eigenvalue weighted by Gasteiger charge is -2.16. The average molecular weight is 270 g/mol. The van der Waals surface area contributed by atoms with Gasteiger partial charge in [0.2, 0.25) is 0 Å². The van der Waals surface area contributed by atoms with Crippen LogP contribution in [0.2, 0.25) is 0 Å². The van der Waals surface area contributed by atoms with Crippen molar-refractivity contribution in [2.75, 3.05) is 12.4 Å². The Morgan fingerprint density at radius 1 is 1.47 bits per heavy atom. The summed E-state index contributed by atoms with van der Waals surface area (Å²) in [6, 6.07) is 3.86. The molecule has 8 heteroatoms. The third-order valence-corrected chi connectivity index (χ3v) is 2.58. The third kappa shape index (κ3) is 3.63.